The largest absolute Gasteiger partial charge is 0.488 e. The zero-order chi connectivity index (χ0) is 12.0. The Hall–Kier alpha value is -1.78. The van der Waals surface area contributed by atoms with Gasteiger partial charge in [-0.05, 0) is 18.6 Å². The zero-order valence-electron chi connectivity index (χ0n) is 9.43. The van der Waals surface area contributed by atoms with Gasteiger partial charge in [0.1, 0.15) is 6.54 Å². The second-order valence-electron chi connectivity index (χ2n) is 3.23. The first kappa shape index (κ1) is 12.3. The lowest BCUT2D eigenvalue weighted by Gasteiger charge is -2.07. The molecule has 0 bridgehead atoms. The van der Waals surface area contributed by atoms with E-state index in [-0.39, 0.29) is 17.9 Å². The van der Waals surface area contributed by atoms with Gasteiger partial charge in [0.05, 0.1) is 13.7 Å². The van der Waals surface area contributed by atoms with Crippen molar-refractivity contribution in [1.29, 1.82) is 0 Å². The minimum Gasteiger partial charge on any atom is -0.488 e. The molecule has 0 aliphatic carbocycles. The topological polar surface area (TPSA) is 57.5 Å². The SMILES string of the molecule is CCCOc1cccn(CC(=O)OC)c1=O. The highest BCUT2D eigenvalue weighted by atomic mass is 16.5. The molecule has 0 saturated carbocycles. The van der Waals surface area contributed by atoms with Gasteiger partial charge in [0.25, 0.3) is 5.56 Å². The van der Waals surface area contributed by atoms with Gasteiger partial charge in [-0.15, -0.1) is 0 Å². The van der Waals surface area contributed by atoms with Crippen LogP contribution in [0.15, 0.2) is 23.1 Å². The third kappa shape index (κ3) is 3.12. The van der Waals surface area contributed by atoms with Crippen LogP contribution in [-0.4, -0.2) is 24.3 Å². The van der Waals surface area contributed by atoms with E-state index in [2.05, 4.69) is 4.74 Å². The highest BCUT2D eigenvalue weighted by molar-refractivity contribution is 5.68. The molecule has 1 aromatic heterocycles. The van der Waals surface area contributed by atoms with E-state index >= 15 is 0 Å². The van der Waals surface area contributed by atoms with E-state index in [0.717, 1.165) is 6.42 Å². The Bertz CT molecular complexity index is 411. The van der Waals surface area contributed by atoms with E-state index in [4.69, 9.17) is 4.74 Å². The van der Waals surface area contributed by atoms with Crippen molar-refractivity contribution in [3.63, 3.8) is 0 Å². The van der Waals surface area contributed by atoms with E-state index in [9.17, 15) is 9.59 Å². The molecule has 0 unspecified atom stereocenters. The van der Waals surface area contributed by atoms with Crippen molar-refractivity contribution in [1.82, 2.24) is 4.57 Å². The summed E-state index contributed by atoms with van der Waals surface area (Å²) in [6, 6.07) is 3.25. The lowest BCUT2D eigenvalue weighted by Crippen LogP contribution is -2.25. The molecule has 0 aliphatic heterocycles. The molecule has 0 saturated heterocycles. The Kier molecular flexibility index (Phi) is 4.57. The molecular weight excluding hydrogens is 210 g/mol. The zero-order valence-corrected chi connectivity index (χ0v) is 9.43. The fourth-order valence-electron chi connectivity index (χ4n) is 1.16. The number of carbonyl (C=O) groups excluding carboxylic acids is 1. The standard InChI is InChI=1S/C11H15NO4/c1-3-7-16-9-5-4-6-12(11(9)14)8-10(13)15-2/h4-6H,3,7-8H2,1-2H3. The Morgan fingerprint density at radius 2 is 2.25 bits per heavy atom. The summed E-state index contributed by atoms with van der Waals surface area (Å²) in [6.07, 6.45) is 2.35. The number of esters is 1. The maximum Gasteiger partial charge on any atom is 0.325 e. The number of carbonyl (C=O) groups is 1. The number of hydrogen-bond donors (Lipinski definition) is 0. The van der Waals surface area contributed by atoms with Crippen LogP contribution in [0.1, 0.15) is 13.3 Å². The van der Waals surface area contributed by atoms with Crippen molar-refractivity contribution < 1.29 is 14.3 Å². The molecule has 1 rings (SSSR count). The van der Waals surface area contributed by atoms with E-state index in [0.29, 0.717) is 6.61 Å². The fraction of sp³-hybridized carbons (Fsp3) is 0.455. The minimum atomic E-state index is -0.463. The van der Waals surface area contributed by atoms with Gasteiger partial charge in [0.15, 0.2) is 5.75 Å². The van der Waals surface area contributed by atoms with Crippen molar-refractivity contribution in [2.75, 3.05) is 13.7 Å². The average molecular weight is 225 g/mol. The Morgan fingerprint density at radius 3 is 2.88 bits per heavy atom. The van der Waals surface area contributed by atoms with Gasteiger partial charge in [-0.25, -0.2) is 0 Å². The molecule has 0 N–H and O–H groups in total. The predicted octanol–water partition coefficient (Wildman–Crippen LogP) is 0.810. The van der Waals surface area contributed by atoms with Crippen LogP contribution >= 0.6 is 0 Å². The first-order valence-corrected chi connectivity index (χ1v) is 5.08. The highest BCUT2D eigenvalue weighted by Crippen LogP contribution is 2.02. The molecule has 0 atom stereocenters. The molecule has 0 spiro atoms. The van der Waals surface area contributed by atoms with Crippen LogP contribution in [0.4, 0.5) is 0 Å². The minimum absolute atomic E-state index is 0.0986. The summed E-state index contributed by atoms with van der Waals surface area (Å²) < 4.78 is 11.0. The quantitative estimate of drug-likeness (QED) is 0.696. The molecule has 0 fully saturated rings. The van der Waals surface area contributed by atoms with E-state index in [1.807, 2.05) is 6.92 Å². The summed E-state index contributed by atoms with van der Waals surface area (Å²) in [5.41, 5.74) is -0.318. The first-order chi connectivity index (χ1) is 7.69. The number of aromatic nitrogens is 1. The Balaban J connectivity index is 2.86. The van der Waals surface area contributed by atoms with Crippen molar-refractivity contribution >= 4 is 5.97 Å². The van der Waals surface area contributed by atoms with Crippen LogP contribution in [0, 0.1) is 0 Å². The number of pyridine rings is 1. The van der Waals surface area contributed by atoms with Gasteiger partial charge in [0.2, 0.25) is 0 Å². The molecule has 16 heavy (non-hydrogen) atoms. The third-order valence-electron chi connectivity index (χ3n) is 1.97. The number of hydrogen-bond acceptors (Lipinski definition) is 4. The summed E-state index contributed by atoms with van der Waals surface area (Å²) >= 11 is 0. The maximum atomic E-state index is 11.8. The van der Waals surface area contributed by atoms with Crippen LogP contribution < -0.4 is 10.3 Å². The van der Waals surface area contributed by atoms with Crippen LogP contribution in [-0.2, 0) is 16.1 Å². The van der Waals surface area contributed by atoms with Crippen molar-refractivity contribution in [3.05, 3.63) is 28.7 Å². The van der Waals surface area contributed by atoms with Crippen LogP contribution in [0.5, 0.6) is 5.75 Å². The molecule has 0 radical (unpaired) electrons. The van der Waals surface area contributed by atoms with Gasteiger partial charge in [-0.3, -0.25) is 9.59 Å². The van der Waals surface area contributed by atoms with Gasteiger partial charge < -0.3 is 14.0 Å². The van der Waals surface area contributed by atoms with Gasteiger partial charge >= 0.3 is 5.97 Å². The second-order valence-corrected chi connectivity index (χ2v) is 3.23. The smallest absolute Gasteiger partial charge is 0.325 e. The summed E-state index contributed by atoms with van der Waals surface area (Å²) in [4.78, 5) is 22.8. The number of methoxy groups -OCH3 is 1. The molecular formula is C11H15NO4. The monoisotopic (exact) mass is 225 g/mol. The normalized spacial score (nSPS) is 9.88. The Labute approximate surface area is 93.6 Å². The molecule has 5 nitrogen and oxygen atoms in total. The van der Waals surface area contributed by atoms with Gasteiger partial charge in [0, 0.05) is 6.20 Å². The van der Waals surface area contributed by atoms with Crippen molar-refractivity contribution in [3.8, 4) is 5.75 Å². The predicted molar refractivity (Wildman–Crippen MR) is 58.5 cm³/mol. The molecule has 1 aromatic rings. The lowest BCUT2D eigenvalue weighted by atomic mass is 10.4. The van der Waals surface area contributed by atoms with Gasteiger partial charge in [-0.2, -0.15) is 0 Å². The summed E-state index contributed by atoms with van der Waals surface area (Å²) in [5.74, 6) is -0.206. The molecule has 0 aromatic carbocycles. The average Bonchev–Trinajstić information content (AvgIpc) is 2.30. The molecule has 0 amide bonds. The highest BCUT2D eigenvalue weighted by Gasteiger charge is 2.07. The maximum absolute atomic E-state index is 11.8. The van der Waals surface area contributed by atoms with E-state index < -0.39 is 5.97 Å². The first-order valence-electron chi connectivity index (χ1n) is 5.08. The Morgan fingerprint density at radius 1 is 1.50 bits per heavy atom. The molecule has 88 valence electrons. The summed E-state index contributed by atoms with van der Waals surface area (Å²) in [6.45, 7) is 2.34. The molecule has 5 heteroatoms. The number of nitrogens with zero attached hydrogens (tertiary/aromatic N) is 1. The molecule has 0 aliphatic rings. The fourth-order valence-corrected chi connectivity index (χ4v) is 1.16. The van der Waals surface area contributed by atoms with Crippen LogP contribution in [0.3, 0.4) is 0 Å². The third-order valence-corrected chi connectivity index (χ3v) is 1.97. The van der Waals surface area contributed by atoms with Crippen LogP contribution in [0.25, 0.3) is 0 Å². The number of ether oxygens (including phenoxy) is 2. The van der Waals surface area contributed by atoms with E-state index in [1.165, 1.54) is 17.9 Å². The number of rotatable bonds is 5. The molecule has 1 heterocycles. The summed E-state index contributed by atoms with van der Waals surface area (Å²) in [5, 5.41) is 0. The lowest BCUT2D eigenvalue weighted by molar-refractivity contribution is -0.141. The van der Waals surface area contributed by atoms with Crippen molar-refractivity contribution in [2.45, 2.75) is 19.9 Å². The van der Waals surface area contributed by atoms with Crippen LogP contribution in [0.2, 0.25) is 0 Å². The second kappa shape index (κ2) is 5.95. The van der Waals surface area contributed by atoms with Gasteiger partial charge in [-0.1, -0.05) is 6.92 Å². The van der Waals surface area contributed by atoms with Crippen molar-refractivity contribution in [2.24, 2.45) is 0 Å². The van der Waals surface area contributed by atoms with E-state index in [1.54, 1.807) is 12.1 Å². The summed E-state index contributed by atoms with van der Waals surface area (Å²) in [7, 11) is 1.28.